The Hall–Kier alpha value is -5.23. The van der Waals surface area contributed by atoms with Gasteiger partial charge in [-0.2, -0.15) is 0 Å². The maximum Gasteiger partial charge on any atom is 0.306 e. The lowest BCUT2D eigenvalue weighted by molar-refractivity contribution is -0.167. The van der Waals surface area contributed by atoms with Crippen LogP contribution in [-0.4, -0.2) is 37.2 Å². The molecule has 0 saturated carbocycles. The fourth-order valence-electron chi connectivity index (χ4n) is 8.71. The highest BCUT2D eigenvalue weighted by Crippen LogP contribution is 2.14. The van der Waals surface area contributed by atoms with E-state index in [4.69, 9.17) is 14.2 Å². The Morgan fingerprint density at radius 3 is 0.783 bits per heavy atom. The van der Waals surface area contributed by atoms with E-state index in [-0.39, 0.29) is 44.0 Å². The van der Waals surface area contributed by atoms with Crippen molar-refractivity contribution in [1.82, 2.24) is 0 Å². The molecule has 0 aliphatic heterocycles. The summed E-state index contributed by atoms with van der Waals surface area (Å²) in [7, 11) is 0. The van der Waals surface area contributed by atoms with Gasteiger partial charge < -0.3 is 14.2 Å². The van der Waals surface area contributed by atoms with Gasteiger partial charge in [-0.15, -0.1) is 0 Å². The third-order valence-corrected chi connectivity index (χ3v) is 13.7. The highest BCUT2D eigenvalue weighted by atomic mass is 16.6. The average Bonchev–Trinajstić information content (AvgIpc) is 3.50. The molecule has 1 unspecified atom stereocenters. The molecular formula is C77H122O6. The molecular weight excluding hydrogens is 1020 g/mol. The first-order chi connectivity index (χ1) is 41.0. The second-order valence-corrected chi connectivity index (χ2v) is 21.6. The summed E-state index contributed by atoms with van der Waals surface area (Å²) in [5.41, 5.74) is 0. The van der Waals surface area contributed by atoms with Gasteiger partial charge in [0.25, 0.3) is 0 Å². The molecule has 0 heterocycles. The maximum absolute atomic E-state index is 12.9. The van der Waals surface area contributed by atoms with Crippen LogP contribution < -0.4 is 0 Å². The number of carbonyl (C=O) groups is 3. The first-order valence-electron chi connectivity index (χ1n) is 33.6. The Bertz CT molecular complexity index is 1890. The van der Waals surface area contributed by atoms with Crippen LogP contribution in [0.25, 0.3) is 0 Å². The second kappa shape index (κ2) is 69.3. The van der Waals surface area contributed by atoms with Gasteiger partial charge in [-0.3, -0.25) is 14.4 Å². The molecule has 0 spiro atoms. The van der Waals surface area contributed by atoms with Gasteiger partial charge in [-0.05, 0) is 154 Å². The molecule has 0 saturated heterocycles. The number of hydrogen-bond donors (Lipinski definition) is 0. The number of carbonyl (C=O) groups excluding carboxylic acids is 3. The largest absolute Gasteiger partial charge is 0.462 e. The van der Waals surface area contributed by atoms with Gasteiger partial charge in [0.2, 0.25) is 0 Å². The van der Waals surface area contributed by atoms with Gasteiger partial charge >= 0.3 is 17.9 Å². The quantitative estimate of drug-likeness (QED) is 0.0261. The van der Waals surface area contributed by atoms with Crippen LogP contribution in [0.3, 0.4) is 0 Å². The third-order valence-electron chi connectivity index (χ3n) is 13.7. The summed E-state index contributed by atoms with van der Waals surface area (Å²) >= 11 is 0. The Morgan fingerprint density at radius 1 is 0.253 bits per heavy atom. The third kappa shape index (κ3) is 67.4. The van der Waals surface area contributed by atoms with Crippen molar-refractivity contribution in [3.05, 3.63) is 170 Å². The number of hydrogen-bond acceptors (Lipinski definition) is 6. The van der Waals surface area contributed by atoms with Crippen molar-refractivity contribution in [2.45, 2.75) is 284 Å². The molecule has 1 atom stereocenters. The van der Waals surface area contributed by atoms with E-state index in [0.717, 1.165) is 135 Å². The molecule has 0 fully saturated rings. The summed E-state index contributed by atoms with van der Waals surface area (Å²) in [6.45, 7) is 6.35. The average molecular weight is 1140 g/mol. The lowest BCUT2D eigenvalue weighted by Crippen LogP contribution is -2.30. The van der Waals surface area contributed by atoms with E-state index in [0.29, 0.717) is 19.3 Å². The summed E-state index contributed by atoms with van der Waals surface area (Å²) in [4.78, 5) is 38.4. The fourth-order valence-corrected chi connectivity index (χ4v) is 8.71. The Kier molecular flexibility index (Phi) is 64.9. The SMILES string of the molecule is CC/C=C\C/C=C\C/C=C\C/C=C\C/C=C\C/C=C\C/C=C\C/C=C\CCCCC(=O)OCC(COC(=O)CCCCCCCCCCC/C=C\CCCCCCCC)OC(=O)CCCCC/C=C\C/C=C\C/C=C\C/C=C\C/C=C\CC. The van der Waals surface area contributed by atoms with Crippen LogP contribution in [0.4, 0.5) is 0 Å². The van der Waals surface area contributed by atoms with E-state index in [1.165, 1.54) is 89.9 Å². The lowest BCUT2D eigenvalue weighted by Gasteiger charge is -2.18. The molecule has 0 aliphatic carbocycles. The van der Waals surface area contributed by atoms with Crippen LogP contribution >= 0.6 is 0 Å². The van der Waals surface area contributed by atoms with E-state index < -0.39 is 6.10 Å². The molecule has 0 aliphatic rings. The van der Waals surface area contributed by atoms with Gasteiger partial charge in [0.05, 0.1) is 0 Å². The molecule has 6 nitrogen and oxygen atoms in total. The van der Waals surface area contributed by atoms with Crippen molar-refractivity contribution < 1.29 is 28.6 Å². The van der Waals surface area contributed by atoms with Crippen LogP contribution in [0.15, 0.2) is 170 Å². The van der Waals surface area contributed by atoms with E-state index in [2.05, 4.69) is 191 Å². The Labute approximate surface area is 511 Å². The van der Waals surface area contributed by atoms with Crippen molar-refractivity contribution in [2.24, 2.45) is 0 Å². The summed E-state index contributed by atoms with van der Waals surface area (Å²) in [5, 5.41) is 0. The number of unbranched alkanes of at least 4 members (excludes halogenated alkanes) is 20. The zero-order chi connectivity index (χ0) is 59.9. The van der Waals surface area contributed by atoms with Gasteiger partial charge in [-0.25, -0.2) is 0 Å². The second-order valence-electron chi connectivity index (χ2n) is 21.6. The molecule has 0 N–H and O–H groups in total. The highest BCUT2D eigenvalue weighted by Gasteiger charge is 2.19. The zero-order valence-corrected chi connectivity index (χ0v) is 53.4. The minimum absolute atomic E-state index is 0.114. The van der Waals surface area contributed by atoms with Crippen LogP contribution in [-0.2, 0) is 28.6 Å². The minimum Gasteiger partial charge on any atom is -0.462 e. The number of rotatable bonds is 59. The normalized spacial score (nSPS) is 13.2. The van der Waals surface area contributed by atoms with E-state index >= 15 is 0 Å². The molecule has 466 valence electrons. The van der Waals surface area contributed by atoms with Crippen molar-refractivity contribution in [3.63, 3.8) is 0 Å². The molecule has 0 rings (SSSR count). The molecule has 83 heavy (non-hydrogen) atoms. The smallest absolute Gasteiger partial charge is 0.306 e. The predicted molar refractivity (Wildman–Crippen MR) is 361 cm³/mol. The van der Waals surface area contributed by atoms with Crippen molar-refractivity contribution in [1.29, 1.82) is 0 Å². The summed E-state index contributed by atoms with van der Waals surface area (Å²) in [5.74, 6) is -0.996. The van der Waals surface area contributed by atoms with Gasteiger partial charge in [0.15, 0.2) is 6.10 Å². The minimum atomic E-state index is -0.826. The van der Waals surface area contributed by atoms with Crippen LogP contribution in [0.2, 0.25) is 0 Å². The Balaban J connectivity index is 4.54. The predicted octanol–water partition coefficient (Wildman–Crippen LogP) is 23.4. The zero-order valence-electron chi connectivity index (χ0n) is 53.4. The van der Waals surface area contributed by atoms with Crippen molar-refractivity contribution in [3.8, 4) is 0 Å². The van der Waals surface area contributed by atoms with Gasteiger partial charge in [0, 0.05) is 19.3 Å². The monoisotopic (exact) mass is 1140 g/mol. The first kappa shape index (κ1) is 77.8. The number of esters is 3. The van der Waals surface area contributed by atoms with Gasteiger partial charge in [-0.1, -0.05) is 274 Å². The van der Waals surface area contributed by atoms with E-state index in [1.54, 1.807) is 0 Å². The number of ether oxygens (including phenoxy) is 3. The first-order valence-corrected chi connectivity index (χ1v) is 33.6. The van der Waals surface area contributed by atoms with Gasteiger partial charge in [0.1, 0.15) is 13.2 Å². The molecule has 6 heteroatoms. The Morgan fingerprint density at radius 2 is 0.470 bits per heavy atom. The summed E-state index contributed by atoms with van der Waals surface area (Å²) < 4.78 is 16.9. The van der Waals surface area contributed by atoms with Crippen LogP contribution in [0, 0.1) is 0 Å². The maximum atomic E-state index is 12.9. The van der Waals surface area contributed by atoms with Crippen molar-refractivity contribution in [2.75, 3.05) is 13.2 Å². The van der Waals surface area contributed by atoms with E-state index in [1.807, 2.05) is 0 Å². The molecule has 0 aromatic heterocycles. The standard InChI is InChI=1S/C77H122O6/c1-4-7-10-13-16-19-22-25-28-31-34-35-36-37-38-39-40-41-44-46-49-52-55-58-61-64-67-70-76(79)82-73-74(83-77(80)71-68-65-62-59-56-53-50-47-43-33-30-27-24-21-18-15-12-9-6-3)72-81-75(78)69-66-63-60-57-54-51-48-45-42-32-29-26-23-20-17-14-11-8-5-2/h7,9-10,12,16,18-19,21,25-30,34-35,37-38,40-41,43,46-47,49,53,55-56,58,74H,4-6,8,11,13-15,17,20,22-24,31-33,36,39,42,44-45,48,50-52,54,57,59-73H2,1-3H3/b10-7-,12-9-,19-16-,21-18-,28-25-,29-26-,30-27-,35-34-,38-37-,41-40-,47-43-,49-46-,56-53-,58-55-. The molecule has 0 aromatic carbocycles. The van der Waals surface area contributed by atoms with Crippen LogP contribution in [0.5, 0.6) is 0 Å². The van der Waals surface area contributed by atoms with E-state index in [9.17, 15) is 14.4 Å². The molecule has 0 amide bonds. The fraction of sp³-hybridized carbons (Fsp3) is 0.597. The molecule has 0 aromatic rings. The van der Waals surface area contributed by atoms with Crippen LogP contribution in [0.1, 0.15) is 278 Å². The molecule has 0 radical (unpaired) electrons. The topological polar surface area (TPSA) is 78.9 Å². The molecule has 0 bridgehead atoms. The lowest BCUT2D eigenvalue weighted by atomic mass is 10.1. The summed E-state index contributed by atoms with van der Waals surface area (Å²) in [6.07, 6.45) is 102. The van der Waals surface area contributed by atoms with Crippen molar-refractivity contribution >= 4 is 17.9 Å². The summed E-state index contributed by atoms with van der Waals surface area (Å²) in [6, 6.07) is 0. The highest BCUT2D eigenvalue weighted by molar-refractivity contribution is 5.71. The number of allylic oxidation sites excluding steroid dienone is 28.